The molecule has 1 aromatic rings. The summed E-state index contributed by atoms with van der Waals surface area (Å²) in [4.78, 5) is 13.9. The van der Waals surface area contributed by atoms with Gasteiger partial charge in [0.05, 0.1) is 18.9 Å². The molecule has 0 unspecified atom stereocenters. The number of hydrogen-bond acceptors (Lipinski definition) is 2. The highest BCUT2D eigenvalue weighted by molar-refractivity contribution is 6.31. The Bertz CT molecular complexity index is 502. The number of carbonyl (C=O) groups is 1. The predicted molar refractivity (Wildman–Crippen MR) is 70.1 cm³/mol. The van der Waals surface area contributed by atoms with Crippen molar-refractivity contribution in [3.8, 4) is 6.07 Å². The van der Waals surface area contributed by atoms with Gasteiger partial charge in [-0.15, -0.1) is 0 Å². The van der Waals surface area contributed by atoms with E-state index in [1.165, 1.54) is 12.1 Å². The van der Waals surface area contributed by atoms with Crippen LogP contribution in [0.5, 0.6) is 0 Å². The summed E-state index contributed by atoms with van der Waals surface area (Å²) in [6, 6.07) is 6.63. The largest absolute Gasteiger partial charge is 0.338 e. The van der Waals surface area contributed by atoms with E-state index in [1.807, 2.05) is 6.07 Å². The summed E-state index contributed by atoms with van der Waals surface area (Å²) in [6.07, 6.45) is 2.17. The van der Waals surface area contributed by atoms with Crippen molar-refractivity contribution >= 4 is 17.5 Å². The van der Waals surface area contributed by atoms with Crippen LogP contribution in [0.2, 0.25) is 5.02 Å². The Morgan fingerprint density at radius 2 is 2.26 bits per heavy atom. The fourth-order valence-electron chi connectivity index (χ4n) is 2.02. The number of nitriles is 1. The van der Waals surface area contributed by atoms with Crippen LogP contribution < -0.4 is 0 Å². The van der Waals surface area contributed by atoms with E-state index in [0.29, 0.717) is 13.0 Å². The SMILES string of the molecule is N#CCCN(C(=O)Cc1c(F)cccc1Cl)C1CC1. The van der Waals surface area contributed by atoms with Gasteiger partial charge in [-0.25, -0.2) is 4.39 Å². The molecule has 1 amide bonds. The number of hydrogen-bond donors (Lipinski definition) is 0. The molecule has 0 radical (unpaired) electrons. The average Bonchev–Trinajstić information content (AvgIpc) is 3.19. The van der Waals surface area contributed by atoms with Crippen LogP contribution in [0.1, 0.15) is 24.8 Å². The molecule has 0 spiro atoms. The first-order valence-electron chi connectivity index (χ1n) is 6.22. The second kappa shape index (κ2) is 6.03. The number of carbonyl (C=O) groups excluding carboxylic acids is 1. The molecule has 0 heterocycles. The molecule has 1 fully saturated rings. The van der Waals surface area contributed by atoms with Crippen LogP contribution in [0, 0.1) is 17.1 Å². The lowest BCUT2D eigenvalue weighted by molar-refractivity contribution is -0.131. The molecule has 0 N–H and O–H groups in total. The maximum absolute atomic E-state index is 13.6. The van der Waals surface area contributed by atoms with Crippen molar-refractivity contribution in [3.63, 3.8) is 0 Å². The molecule has 1 aliphatic carbocycles. The monoisotopic (exact) mass is 280 g/mol. The van der Waals surface area contributed by atoms with Gasteiger partial charge in [0.25, 0.3) is 0 Å². The Labute approximate surface area is 116 Å². The molecule has 1 saturated carbocycles. The van der Waals surface area contributed by atoms with Crippen LogP contribution in [-0.4, -0.2) is 23.4 Å². The van der Waals surface area contributed by atoms with E-state index in [-0.39, 0.29) is 29.0 Å². The summed E-state index contributed by atoms with van der Waals surface area (Å²) >= 11 is 5.91. The fourth-order valence-corrected chi connectivity index (χ4v) is 2.25. The van der Waals surface area contributed by atoms with Crippen molar-refractivity contribution in [3.05, 3.63) is 34.6 Å². The zero-order valence-corrected chi connectivity index (χ0v) is 11.2. The standard InChI is InChI=1S/C14H14ClFN2O/c15-12-3-1-4-13(16)11(12)9-14(19)18(8-2-7-17)10-5-6-10/h1,3-4,10H,2,5-6,8-9H2. The third-order valence-electron chi connectivity index (χ3n) is 3.16. The first-order valence-corrected chi connectivity index (χ1v) is 6.60. The van der Waals surface area contributed by atoms with Gasteiger partial charge in [0.2, 0.25) is 5.91 Å². The van der Waals surface area contributed by atoms with Gasteiger partial charge in [-0.2, -0.15) is 5.26 Å². The number of nitrogens with zero attached hydrogens (tertiary/aromatic N) is 2. The minimum absolute atomic E-state index is 0.0482. The van der Waals surface area contributed by atoms with Gasteiger partial charge in [0.1, 0.15) is 5.82 Å². The molecule has 2 rings (SSSR count). The number of amides is 1. The van der Waals surface area contributed by atoms with Gasteiger partial charge in [-0.3, -0.25) is 4.79 Å². The first kappa shape index (κ1) is 13.8. The van der Waals surface area contributed by atoms with Crippen LogP contribution in [-0.2, 0) is 11.2 Å². The van der Waals surface area contributed by atoms with Crippen molar-refractivity contribution in [2.45, 2.75) is 31.7 Å². The molecular formula is C14H14ClFN2O. The van der Waals surface area contributed by atoms with Gasteiger partial charge >= 0.3 is 0 Å². The number of halogens is 2. The highest BCUT2D eigenvalue weighted by Gasteiger charge is 2.32. The molecular weight excluding hydrogens is 267 g/mol. The van der Waals surface area contributed by atoms with E-state index in [2.05, 4.69) is 0 Å². The molecule has 100 valence electrons. The minimum Gasteiger partial charge on any atom is -0.338 e. The zero-order chi connectivity index (χ0) is 13.8. The van der Waals surface area contributed by atoms with Crippen molar-refractivity contribution in [1.82, 2.24) is 4.90 Å². The molecule has 0 bridgehead atoms. The van der Waals surface area contributed by atoms with E-state index < -0.39 is 5.82 Å². The van der Waals surface area contributed by atoms with Crippen molar-refractivity contribution in [1.29, 1.82) is 5.26 Å². The lowest BCUT2D eigenvalue weighted by atomic mass is 10.1. The highest BCUT2D eigenvalue weighted by Crippen LogP contribution is 2.28. The summed E-state index contributed by atoms with van der Waals surface area (Å²) in [7, 11) is 0. The molecule has 0 aliphatic heterocycles. The molecule has 5 heteroatoms. The number of benzene rings is 1. The lowest BCUT2D eigenvalue weighted by Crippen LogP contribution is -2.35. The third kappa shape index (κ3) is 3.45. The van der Waals surface area contributed by atoms with Gasteiger partial charge < -0.3 is 4.90 Å². The summed E-state index contributed by atoms with van der Waals surface area (Å²) in [6.45, 7) is 0.409. The summed E-state index contributed by atoms with van der Waals surface area (Å²) < 4.78 is 13.6. The van der Waals surface area contributed by atoms with Crippen molar-refractivity contribution < 1.29 is 9.18 Å². The Morgan fingerprint density at radius 3 is 2.84 bits per heavy atom. The Kier molecular flexibility index (Phi) is 4.39. The molecule has 1 aromatic carbocycles. The van der Waals surface area contributed by atoms with Gasteiger partial charge in [-0.05, 0) is 25.0 Å². The van der Waals surface area contributed by atoms with Crippen molar-refractivity contribution in [2.75, 3.05) is 6.54 Å². The molecule has 1 aliphatic rings. The van der Waals surface area contributed by atoms with E-state index in [4.69, 9.17) is 16.9 Å². The second-order valence-electron chi connectivity index (χ2n) is 4.60. The first-order chi connectivity index (χ1) is 9.13. The van der Waals surface area contributed by atoms with Crippen LogP contribution in [0.4, 0.5) is 4.39 Å². The zero-order valence-electron chi connectivity index (χ0n) is 10.4. The van der Waals surface area contributed by atoms with E-state index >= 15 is 0 Å². The highest BCUT2D eigenvalue weighted by atomic mass is 35.5. The maximum atomic E-state index is 13.6. The Morgan fingerprint density at radius 1 is 1.53 bits per heavy atom. The van der Waals surface area contributed by atoms with Gasteiger partial charge in [0.15, 0.2) is 0 Å². The molecule has 0 saturated heterocycles. The molecule has 19 heavy (non-hydrogen) atoms. The third-order valence-corrected chi connectivity index (χ3v) is 3.52. The number of rotatable bonds is 5. The van der Waals surface area contributed by atoms with Gasteiger partial charge in [-0.1, -0.05) is 17.7 Å². The smallest absolute Gasteiger partial charge is 0.227 e. The predicted octanol–water partition coefficient (Wildman–Crippen LogP) is 2.93. The van der Waals surface area contributed by atoms with Crippen LogP contribution in [0.15, 0.2) is 18.2 Å². The normalized spacial score (nSPS) is 13.9. The Hall–Kier alpha value is -1.60. The summed E-state index contributed by atoms with van der Waals surface area (Å²) in [5.41, 5.74) is 0.233. The fraction of sp³-hybridized carbons (Fsp3) is 0.429. The topological polar surface area (TPSA) is 44.1 Å². The van der Waals surface area contributed by atoms with E-state index in [1.54, 1.807) is 11.0 Å². The Balaban J connectivity index is 2.08. The van der Waals surface area contributed by atoms with Crippen molar-refractivity contribution in [2.24, 2.45) is 0 Å². The average molecular weight is 281 g/mol. The minimum atomic E-state index is -0.461. The summed E-state index contributed by atoms with van der Waals surface area (Å²) in [5, 5.41) is 8.88. The van der Waals surface area contributed by atoms with E-state index in [0.717, 1.165) is 12.8 Å². The van der Waals surface area contributed by atoms with Crippen LogP contribution in [0.25, 0.3) is 0 Å². The molecule has 0 aromatic heterocycles. The molecule has 3 nitrogen and oxygen atoms in total. The quantitative estimate of drug-likeness (QED) is 0.832. The van der Waals surface area contributed by atoms with Gasteiger partial charge in [0, 0.05) is 23.2 Å². The summed E-state index contributed by atoms with van der Waals surface area (Å²) in [5.74, 6) is -0.623. The van der Waals surface area contributed by atoms with E-state index in [9.17, 15) is 9.18 Å². The second-order valence-corrected chi connectivity index (χ2v) is 5.01. The lowest BCUT2D eigenvalue weighted by Gasteiger charge is -2.21. The van der Waals surface area contributed by atoms with Crippen LogP contribution >= 0.6 is 11.6 Å². The van der Waals surface area contributed by atoms with Crippen LogP contribution in [0.3, 0.4) is 0 Å². The molecule has 0 atom stereocenters. The maximum Gasteiger partial charge on any atom is 0.227 e.